The van der Waals surface area contributed by atoms with Crippen LogP contribution in [0.5, 0.6) is 5.75 Å². The molecule has 0 radical (unpaired) electrons. The van der Waals surface area contributed by atoms with Crippen LogP contribution in [0.25, 0.3) is 0 Å². The van der Waals surface area contributed by atoms with E-state index in [9.17, 15) is 4.79 Å². The van der Waals surface area contributed by atoms with Crippen LogP contribution >= 0.6 is 11.6 Å². The predicted octanol–water partition coefficient (Wildman–Crippen LogP) is 3.71. The largest absolute Gasteiger partial charge is 0.493 e. The van der Waals surface area contributed by atoms with Gasteiger partial charge in [-0.3, -0.25) is 4.79 Å². The van der Waals surface area contributed by atoms with E-state index in [1.165, 1.54) is 0 Å². The van der Waals surface area contributed by atoms with Crippen LogP contribution in [-0.4, -0.2) is 18.2 Å². The summed E-state index contributed by atoms with van der Waals surface area (Å²) in [5, 5.41) is 4.66. The van der Waals surface area contributed by atoms with Crippen molar-refractivity contribution in [3.05, 3.63) is 28.8 Å². The van der Waals surface area contributed by atoms with Gasteiger partial charge in [0, 0.05) is 17.2 Å². The van der Waals surface area contributed by atoms with Gasteiger partial charge in [-0.1, -0.05) is 18.5 Å². The Balaban J connectivity index is 2.26. The number of carbonyl (C=O) groups is 1. The Labute approximate surface area is 125 Å². The first kappa shape index (κ1) is 16.5. The number of hydrazone groups is 1. The van der Waals surface area contributed by atoms with Crippen molar-refractivity contribution in [1.82, 2.24) is 5.43 Å². The van der Waals surface area contributed by atoms with Gasteiger partial charge in [0.15, 0.2) is 0 Å². The lowest BCUT2D eigenvalue weighted by Crippen LogP contribution is -2.19. The smallest absolute Gasteiger partial charge is 0.240 e. The Morgan fingerprint density at radius 1 is 1.45 bits per heavy atom. The van der Waals surface area contributed by atoms with Gasteiger partial charge in [0.25, 0.3) is 0 Å². The standard InChI is InChI=1S/C15H21ClN2O2/c1-4-12(3)17-18-15(19)6-5-9-20-14-8-7-13(16)10-11(14)2/h7-8,10H,4-6,9H2,1-3H3,(H,18,19)/b17-12+. The number of aryl methyl sites for hydroxylation is 1. The first-order valence-corrected chi connectivity index (χ1v) is 7.11. The Hall–Kier alpha value is -1.55. The Bertz CT molecular complexity index is 487. The minimum absolute atomic E-state index is 0.0887. The van der Waals surface area contributed by atoms with Gasteiger partial charge in [0.1, 0.15) is 5.75 Å². The molecule has 0 unspecified atom stereocenters. The third-order valence-corrected chi connectivity index (χ3v) is 3.06. The van der Waals surface area contributed by atoms with Crippen molar-refractivity contribution in [2.45, 2.75) is 40.0 Å². The Morgan fingerprint density at radius 2 is 2.20 bits per heavy atom. The molecular formula is C15H21ClN2O2. The maximum Gasteiger partial charge on any atom is 0.240 e. The van der Waals surface area contributed by atoms with Crippen LogP contribution in [0.3, 0.4) is 0 Å². The van der Waals surface area contributed by atoms with Crippen molar-refractivity contribution in [3.8, 4) is 5.75 Å². The molecule has 0 spiro atoms. The van der Waals surface area contributed by atoms with E-state index in [-0.39, 0.29) is 5.91 Å². The number of hydrogen-bond acceptors (Lipinski definition) is 3. The van der Waals surface area contributed by atoms with Gasteiger partial charge >= 0.3 is 0 Å². The molecule has 0 aliphatic heterocycles. The van der Waals surface area contributed by atoms with Crippen molar-refractivity contribution < 1.29 is 9.53 Å². The van der Waals surface area contributed by atoms with E-state index in [4.69, 9.17) is 16.3 Å². The molecule has 0 atom stereocenters. The Kier molecular flexibility index (Phi) is 7.09. The highest BCUT2D eigenvalue weighted by molar-refractivity contribution is 6.30. The molecule has 0 saturated heterocycles. The number of halogens is 1. The molecule has 0 fully saturated rings. The molecule has 1 aromatic rings. The zero-order chi connectivity index (χ0) is 15.0. The highest BCUT2D eigenvalue weighted by Gasteiger charge is 2.03. The van der Waals surface area contributed by atoms with Crippen molar-refractivity contribution in [2.75, 3.05) is 6.61 Å². The van der Waals surface area contributed by atoms with Crippen LogP contribution < -0.4 is 10.2 Å². The maximum absolute atomic E-state index is 11.5. The van der Waals surface area contributed by atoms with Crippen LogP contribution in [0.15, 0.2) is 23.3 Å². The number of nitrogens with one attached hydrogen (secondary N) is 1. The van der Waals surface area contributed by atoms with E-state index in [1.54, 1.807) is 6.07 Å². The number of ether oxygens (including phenoxy) is 1. The molecule has 0 saturated carbocycles. The van der Waals surface area contributed by atoms with Gasteiger partial charge < -0.3 is 4.74 Å². The normalized spacial score (nSPS) is 11.3. The molecule has 0 heterocycles. The number of benzene rings is 1. The average Bonchev–Trinajstić information content (AvgIpc) is 2.42. The van der Waals surface area contributed by atoms with E-state index in [1.807, 2.05) is 32.9 Å². The summed E-state index contributed by atoms with van der Waals surface area (Å²) in [6, 6.07) is 5.48. The molecule has 0 bridgehead atoms. The fraction of sp³-hybridized carbons (Fsp3) is 0.467. The molecule has 1 N–H and O–H groups in total. The molecule has 0 aromatic heterocycles. The molecule has 5 heteroatoms. The van der Waals surface area contributed by atoms with Crippen molar-refractivity contribution in [1.29, 1.82) is 0 Å². The fourth-order valence-electron chi connectivity index (χ4n) is 1.48. The Morgan fingerprint density at radius 3 is 2.85 bits per heavy atom. The summed E-state index contributed by atoms with van der Waals surface area (Å²) in [6.07, 6.45) is 1.88. The van der Waals surface area contributed by atoms with Crippen LogP contribution in [0.1, 0.15) is 38.7 Å². The molecular weight excluding hydrogens is 276 g/mol. The number of nitrogens with zero attached hydrogens (tertiary/aromatic N) is 1. The van der Waals surface area contributed by atoms with Crippen molar-refractivity contribution in [2.24, 2.45) is 5.10 Å². The highest BCUT2D eigenvalue weighted by atomic mass is 35.5. The topological polar surface area (TPSA) is 50.7 Å². The zero-order valence-electron chi connectivity index (χ0n) is 12.2. The number of carbonyl (C=O) groups excluding carboxylic acids is 1. The molecule has 110 valence electrons. The lowest BCUT2D eigenvalue weighted by Gasteiger charge is -2.09. The van der Waals surface area contributed by atoms with E-state index in [0.29, 0.717) is 24.5 Å². The third kappa shape index (κ3) is 6.06. The van der Waals surface area contributed by atoms with Gasteiger partial charge in [-0.05, 0) is 50.5 Å². The monoisotopic (exact) mass is 296 g/mol. The molecule has 4 nitrogen and oxygen atoms in total. The van der Waals surface area contributed by atoms with E-state index < -0.39 is 0 Å². The summed E-state index contributed by atoms with van der Waals surface area (Å²) >= 11 is 5.87. The van der Waals surface area contributed by atoms with E-state index >= 15 is 0 Å². The highest BCUT2D eigenvalue weighted by Crippen LogP contribution is 2.21. The number of rotatable bonds is 7. The summed E-state index contributed by atoms with van der Waals surface area (Å²) in [4.78, 5) is 11.5. The van der Waals surface area contributed by atoms with E-state index in [0.717, 1.165) is 23.4 Å². The first-order chi connectivity index (χ1) is 9.52. The third-order valence-electron chi connectivity index (χ3n) is 2.83. The van der Waals surface area contributed by atoms with E-state index in [2.05, 4.69) is 10.5 Å². The zero-order valence-corrected chi connectivity index (χ0v) is 13.0. The van der Waals surface area contributed by atoms with Crippen molar-refractivity contribution >= 4 is 23.2 Å². The fourth-order valence-corrected chi connectivity index (χ4v) is 1.71. The summed E-state index contributed by atoms with van der Waals surface area (Å²) in [5.74, 6) is 0.712. The summed E-state index contributed by atoms with van der Waals surface area (Å²) < 4.78 is 5.61. The van der Waals surface area contributed by atoms with Gasteiger partial charge in [-0.15, -0.1) is 0 Å². The molecule has 1 rings (SSSR count). The van der Waals surface area contributed by atoms with Crippen LogP contribution in [0.4, 0.5) is 0 Å². The molecule has 0 aliphatic carbocycles. The second kappa shape index (κ2) is 8.59. The second-order valence-corrected chi connectivity index (χ2v) is 5.03. The lowest BCUT2D eigenvalue weighted by atomic mass is 10.2. The van der Waals surface area contributed by atoms with Gasteiger partial charge in [-0.2, -0.15) is 5.10 Å². The minimum atomic E-state index is -0.0887. The molecule has 1 aromatic carbocycles. The molecule has 1 amide bonds. The van der Waals surface area contributed by atoms with Gasteiger partial charge in [-0.25, -0.2) is 5.43 Å². The predicted molar refractivity (Wildman–Crippen MR) is 82.5 cm³/mol. The number of amides is 1. The average molecular weight is 297 g/mol. The van der Waals surface area contributed by atoms with Gasteiger partial charge in [0.2, 0.25) is 5.91 Å². The van der Waals surface area contributed by atoms with Crippen LogP contribution in [-0.2, 0) is 4.79 Å². The quantitative estimate of drug-likeness (QED) is 0.474. The summed E-state index contributed by atoms with van der Waals surface area (Å²) in [6.45, 7) is 6.31. The maximum atomic E-state index is 11.5. The first-order valence-electron chi connectivity index (χ1n) is 6.74. The number of hydrogen-bond donors (Lipinski definition) is 1. The van der Waals surface area contributed by atoms with Crippen LogP contribution in [0, 0.1) is 6.92 Å². The minimum Gasteiger partial charge on any atom is -0.493 e. The molecule has 20 heavy (non-hydrogen) atoms. The van der Waals surface area contributed by atoms with Gasteiger partial charge in [0.05, 0.1) is 6.61 Å². The SMILES string of the molecule is CC/C(C)=N/NC(=O)CCCOc1ccc(Cl)cc1C. The lowest BCUT2D eigenvalue weighted by molar-refractivity contribution is -0.121. The summed E-state index contributed by atoms with van der Waals surface area (Å²) in [7, 11) is 0. The second-order valence-electron chi connectivity index (χ2n) is 4.60. The molecule has 0 aliphatic rings. The summed E-state index contributed by atoms with van der Waals surface area (Å²) in [5.41, 5.74) is 4.43. The van der Waals surface area contributed by atoms with Crippen LogP contribution in [0.2, 0.25) is 5.02 Å². The van der Waals surface area contributed by atoms with Crippen molar-refractivity contribution in [3.63, 3.8) is 0 Å².